The number of ether oxygens (including phenoxy) is 5. The number of furan rings is 1. The average molecular weight is 384 g/mol. The first-order valence-electron chi connectivity index (χ1n) is 8.04. The summed E-state index contributed by atoms with van der Waals surface area (Å²) in [5.41, 5.74) is 0. The maximum atomic E-state index is 11.6. The minimum Gasteiger partial charge on any atom is -0.463 e. The highest BCUT2D eigenvalue weighted by Gasteiger charge is 2.51. The predicted octanol–water partition coefficient (Wildman–Crippen LogP) is 0.933. The van der Waals surface area contributed by atoms with Crippen LogP contribution in [0, 0.1) is 0 Å². The fourth-order valence-electron chi connectivity index (χ4n) is 2.66. The van der Waals surface area contributed by atoms with Crippen LogP contribution in [0.4, 0.5) is 0 Å². The van der Waals surface area contributed by atoms with Crippen molar-refractivity contribution in [1.29, 1.82) is 0 Å². The Balaban J connectivity index is 2.33. The van der Waals surface area contributed by atoms with Crippen LogP contribution in [-0.4, -0.2) is 55.9 Å². The van der Waals surface area contributed by atoms with E-state index in [9.17, 15) is 19.2 Å². The standard InChI is InChI=1S/C17H20O10/c1-8(18)23-7-13-15(24-9(2)19)16(25-10(3)20)14(27-13)11-5-6-12(26-11)17(21)22-4/h5-6,13-16H,7H2,1-4H3/t13-,14+,15-,16+/m1/s1. The van der Waals surface area contributed by atoms with Gasteiger partial charge in [0, 0.05) is 20.8 Å². The smallest absolute Gasteiger partial charge is 0.373 e. The molecule has 1 aliphatic heterocycles. The molecular weight excluding hydrogens is 364 g/mol. The lowest BCUT2D eigenvalue weighted by Gasteiger charge is -2.22. The molecule has 1 aromatic heterocycles. The van der Waals surface area contributed by atoms with Gasteiger partial charge in [0.2, 0.25) is 5.76 Å². The summed E-state index contributed by atoms with van der Waals surface area (Å²) in [7, 11) is 1.20. The molecular formula is C17H20O10. The summed E-state index contributed by atoms with van der Waals surface area (Å²) in [4.78, 5) is 45.7. The first-order chi connectivity index (χ1) is 12.7. The molecule has 0 unspecified atom stereocenters. The fraction of sp³-hybridized carbons (Fsp3) is 0.529. The third-order valence-corrected chi connectivity index (χ3v) is 3.66. The van der Waals surface area contributed by atoms with E-state index in [2.05, 4.69) is 4.74 Å². The monoisotopic (exact) mass is 384 g/mol. The molecule has 10 nitrogen and oxygen atoms in total. The Labute approximate surface area is 154 Å². The van der Waals surface area contributed by atoms with Crippen LogP contribution in [0.25, 0.3) is 0 Å². The van der Waals surface area contributed by atoms with Crippen LogP contribution in [0.5, 0.6) is 0 Å². The summed E-state index contributed by atoms with van der Waals surface area (Å²) in [6.45, 7) is 3.35. The Morgan fingerprint density at radius 2 is 1.59 bits per heavy atom. The molecule has 0 saturated carbocycles. The highest BCUT2D eigenvalue weighted by Crippen LogP contribution is 2.38. The number of carbonyl (C=O) groups excluding carboxylic acids is 4. The fourth-order valence-corrected chi connectivity index (χ4v) is 2.66. The first-order valence-corrected chi connectivity index (χ1v) is 8.04. The zero-order chi connectivity index (χ0) is 20.1. The number of hydrogen-bond acceptors (Lipinski definition) is 10. The Morgan fingerprint density at radius 3 is 2.15 bits per heavy atom. The highest BCUT2D eigenvalue weighted by atomic mass is 16.7. The van der Waals surface area contributed by atoms with Crippen molar-refractivity contribution in [3.05, 3.63) is 23.7 Å². The van der Waals surface area contributed by atoms with Crippen LogP contribution < -0.4 is 0 Å². The number of methoxy groups -OCH3 is 1. The first kappa shape index (κ1) is 20.4. The van der Waals surface area contributed by atoms with E-state index >= 15 is 0 Å². The molecule has 1 saturated heterocycles. The third kappa shape index (κ3) is 5.07. The molecule has 0 aromatic carbocycles. The van der Waals surface area contributed by atoms with Gasteiger partial charge in [-0.05, 0) is 12.1 Å². The van der Waals surface area contributed by atoms with Gasteiger partial charge in [0.25, 0.3) is 0 Å². The topological polar surface area (TPSA) is 128 Å². The van der Waals surface area contributed by atoms with Gasteiger partial charge in [-0.2, -0.15) is 0 Å². The van der Waals surface area contributed by atoms with Gasteiger partial charge >= 0.3 is 23.9 Å². The molecule has 0 spiro atoms. The molecule has 10 heteroatoms. The molecule has 27 heavy (non-hydrogen) atoms. The van der Waals surface area contributed by atoms with Crippen molar-refractivity contribution < 1.29 is 47.3 Å². The zero-order valence-electron chi connectivity index (χ0n) is 15.3. The van der Waals surface area contributed by atoms with Gasteiger partial charge < -0.3 is 28.1 Å². The summed E-state index contributed by atoms with van der Waals surface area (Å²) < 4.78 is 31.2. The van der Waals surface area contributed by atoms with Gasteiger partial charge in [0.1, 0.15) is 18.5 Å². The lowest BCUT2D eigenvalue weighted by molar-refractivity contribution is -0.165. The van der Waals surface area contributed by atoms with Crippen molar-refractivity contribution in [2.45, 2.75) is 45.2 Å². The summed E-state index contributed by atoms with van der Waals surface area (Å²) in [5, 5.41) is 0. The second kappa shape index (κ2) is 8.67. The van der Waals surface area contributed by atoms with Crippen LogP contribution >= 0.6 is 0 Å². The van der Waals surface area contributed by atoms with Crippen LogP contribution in [0.3, 0.4) is 0 Å². The van der Waals surface area contributed by atoms with E-state index in [1.807, 2.05) is 0 Å². The van der Waals surface area contributed by atoms with E-state index < -0.39 is 48.3 Å². The van der Waals surface area contributed by atoms with Crippen LogP contribution in [-0.2, 0) is 38.1 Å². The van der Waals surface area contributed by atoms with Gasteiger partial charge in [-0.1, -0.05) is 0 Å². The van der Waals surface area contributed by atoms with E-state index in [0.717, 1.165) is 0 Å². The normalized spacial score (nSPS) is 24.1. The average Bonchev–Trinajstić information content (AvgIpc) is 3.18. The molecule has 1 aliphatic rings. The molecule has 4 atom stereocenters. The van der Waals surface area contributed by atoms with Gasteiger partial charge in [-0.15, -0.1) is 0 Å². The van der Waals surface area contributed by atoms with Crippen molar-refractivity contribution in [1.82, 2.24) is 0 Å². The van der Waals surface area contributed by atoms with Gasteiger partial charge in [0.15, 0.2) is 18.3 Å². The highest BCUT2D eigenvalue weighted by molar-refractivity contribution is 5.86. The summed E-state index contributed by atoms with van der Waals surface area (Å²) >= 11 is 0. The second-order valence-corrected chi connectivity index (χ2v) is 5.74. The number of rotatable bonds is 6. The van der Waals surface area contributed by atoms with E-state index in [-0.39, 0.29) is 18.1 Å². The molecule has 1 fully saturated rings. The van der Waals surface area contributed by atoms with Gasteiger partial charge in [0.05, 0.1) is 7.11 Å². The zero-order valence-corrected chi connectivity index (χ0v) is 15.3. The summed E-state index contributed by atoms with van der Waals surface area (Å²) in [5.74, 6) is -2.45. The molecule has 0 radical (unpaired) electrons. The second-order valence-electron chi connectivity index (χ2n) is 5.74. The Hall–Kier alpha value is -2.88. The maximum absolute atomic E-state index is 11.6. The molecule has 2 heterocycles. The number of hydrogen-bond donors (Lipinski definition) is 0. The van der Waals surface area contributed by atoms with Crippen molar-refractivity contribution in [2.75, 3.05) is 13.7 Å². The lowest BCUT2D eigenvalue weighted by Crippen LogP contribution is -2.40. The Bertz CT molecular complexity index is 721. The molecule has 2 rings (SSSR count). The third-order valence-electron chi connectivity index (χ3n) is 3.66. The minimum absolute atomic E-state index is 0.0786. The van der Waals surface area contributed by atoms with Gasteiger partial charge in [-0.25, -0.2) is 4.79 Å². The van der Waals surface area contributed by atoms with Crippen LogP contribution in [0.2, 0.25) is 0 Å². The van der Waals surface area contributed by atoms with Gasteiger partial charge in [-0.3, -0.25) is 14.4 Å². The quantitative estimate of drug-likeness (QED) is 0.516. The summed E-state index contributed by atoms with van der Waals surface area (Å²) in [6.07, 6.45) is -4.00. The Morgan fingerprint density at radius 1 is 0.963 bits per heavy atom. The minimum atomic E-state index is -1.07. The Kier molecular flexibility index (Phi) is 6.56. The van der Waals surface area contributed by atoms with Crippen molar-refractivity contribution in [3.63, 3.8) is 0 Å². The van der Waals surface area contributed by atoms with Crippen molar-refractivity contribution >= 4 is 23.9 Å². The largest absolute Gasteiger partial charge is 0.463 e. The van der Waals surface area contributed by atoms with Crippen LogP contribution in [0.1, 0.15) is 43.2 Å². The van der Waals surface area contributed by atoms with E-state index in [1.165, 1.54) is 40.0 Å². The van der Waals surface area contributed by atoms with Crippen molar-refractivity contribution in [2.24, 2.45) is 0 Å². The molecule has 0 N–H and O–H groups in total. The van der Waals surface area contributed by atoms with Crippen molar-refractivity contribution in [3.8, 4) is 0 Å². The molecule has 148 valence electrons. The molecule has 0 aliphatic carbocycles. The molecule has 1 aromatic rings. The number of esters is 4. The molecule has 0 bridgehead atoms. The maximum Gasteiger partial charge on any atom is 0.373 e. The number of carbonyl (C=O) groups is 4. The van der Waals surface area contributed by atoms with E-state index in [0.29, 0.717) is 0 Å². The van der Waals surface area contributed by atoms with E-state index in [4.69, 9.17) is 23.4 Å². The summed E-state index contributed by atoms with van der Waals surface area (Å²) in [6, 6.07) is 2.82. The van der Waals surface area contributed by atoms with E-state index in [1.54, 1.807) is 0 Å². The van der Waals surface area contributed by atoms with Crippen LogP contribution in [0.15, 0.2) is 16.5 Å². The predicted molar refractivity (Wildman–Crippen MR) is 85.4 cm³/mol. The molecule has 0 amide bonds. The lowest BCUT2D eigenvalue weighted by atomic mass is 10.1. The SMILES string of the molecule is COC(=O)c1ccc([C@@H]2O[C@H](COC(C)=O)[C@@H](OC(C)=O)[C@H]2OC(C)=O)o1.